The molecule has 1 amide bonds. The third-order valence-electron chi connectivity index (χ3n) is 15.7. The first-order valence-corrected chi connectivity index (χ1v) is 37.5. The highest BCUT2D eigenvalue weighted by atomic mass is 31.2. The van der Waals surface area contributed by atoms with Gasteiger partial charge in [-0.15, -0.1) is 0 Å². The van der Waals surface area contributed by atoms with E-state index in [4.69, 9.17) is 13.8 Å². The lowest BCUT2D eigenvalue weighted by Crippen LogP contribution is -2.47. The van der Waals surface area contributed by atoms with Crippen molar-refractivity contribution in [2.45, 2.75) is 335 Å². The summed E-state index contributed by atoms with van der Waals surface area (Å²) in [6.45, 7) is 6.74. The van der Waals surface area contributed by atoms with E-state index in [2.05, 4.69) is 111 Å². The molecule has 0 aliphatic carbocycles. The molecule has 9 nitrogen and oxygen atoms in total. The summed E-state index contributed by atoms with van der Waals surface area (Å²) >= 11 is 0. The highest BCUT2D eigenvalue weighted by Crippen LogP contribution is 2.38. The number of hydrogen-bond acceptors (Lipinski definition) is 7. The summed E-state index contributed by atoms with van der Waals surface area (Å²) in [5.41, 5.74) is 0. The van der Waals surface area contributed by atoms with Gasteiger partial charge in [0.15, 0.2) is 0 Å². The summed E-state index contributed by atoms with van der Waals surface area (Å²) in [6, 6.07) is -0.899. The quantitative estimate of drug-likeness (QED) is 0.0212. The van der Waals surface area contributed by atoms with Gasteiger partial charge in [-0.2, -0.15) is 0 Å². The molecule has 3 unspecified atom stereocenters. The average molecular weight is 1220 g/mol. The molecule has 0 aromatic heterocycles. The molecule has 0 saturated carbocycles. The number of phosphoric acid groups is 1. The van der Waals surface area contributed by atoms with Crippen LogP contribution in [0.4, 0.5) is 0 Å². The SMILES string of the molecule is CC/C=C\C/C=C\C/C=C\C/C=C\C/C=C\C/C=C\CCCCCCCCCCC(=O)NC(COP(=O)([O-])OCC[N+](C)(C)C)C(/C=C\CCCCCCCCCCCC)OC(=O)CCCCCCCCCCCCC/C=C/CCCCCCCC. The molecule has 0 radical (unpaired) electrons. The lowest BCUT2D eigenvalue weighted by molar-refractivity contribution is -0.870. The number of carbonyl (C=O) groups excluding carboxylic acids is 2. The number of amides is 1. The van der Waals surface area contributed by atoms with Gasteiger partial charge in [-0.25, -0.2) is 0 Å². The van der Waals surface area contributed by atoms with E-state index in [1.807, 2.05) is 33.3 Å². The molecule has 498 valence electrons. The number of nitrogens with one attached hydrogen (secondary N) is 1. The lowest BCUT2D eigenvalue weighted by Gasteiger charge is -2.30. The Hall–Kier alpha value is -3.07. The molecule has 86 heavy (non-hydrogen) atoms. The standard InChI is InChI=1S/C76H137N2O7P/c1-7-10-13-16-19-22-25-28-30-32-34-36-37-38-39-40-41-43-44-46-48-50-53-56-59-62-65-68-75(79)77-73(72-84-86(81,82)83-71-70-78(4,5)6)74(67-64-61-58-55-52-27-24-21-18-15-12-9-3)85-76(80)69-66-63-60-57-54-51-49-47-45-42-35-33-31-29-26-23-20-17-14-11-8-2/h10,13,19,22,28-31,34,36,38-39,41,43,64,67,73-74H,7-9,11-12,14-18,20-21,23-27,32-33,35,37,40,42,44-63,65-66,68-72H2,1-6H3,(H-,77,79,81,82)/b13-10-,22-19-,30-28-,31-29+,36-34-,39-38-,43-41-,67-64-. The van der Waals surface area contributed by atoms with Crippen LogP contribution in [0.15, 0.2) is 97.2 Å². The van der Waals surface area contributed by atoms with Gasteiger partial charge >= 0.3 is 5.97 Å². The Morgan fingerprint density at radius 1 is 0.419 bits per heavy atom. The van der Waals surface area contributed by atoms with Crippen molar-refractivity contribution in [3.63, 3.8) is 0 Å². The fourth-order valence-electron chi connectivity index (χ4n) is 10.2. The maximum Gasteiger partial charge on any atom is 0.306 e. The first-order chi connectivity index (χ1) is 41.9. The second kappa shape index (κ2) is 64.9. The number of hydrogen-bond donors (Lipinski definition) is 1. The summed E-state index contributed by atoms with van der Waals surface area (Å²) in [6.07, 6.45) is 88.1. The normalized spacial score (nSPS) is 14.1. The second-order valence-corrected chi connectivity index (χ2v) is 26.8. The Morgan fingerprint density at radius 2 is 0.744 bits per heavy atom. The van der Waals surface area contributed by atoms with Crippen LogP contribution in [-0.4, -0.2) is 69.4 Å². The fraction of sp³-hybridized carbons (Fsp3) is 0.763. The average Bonchev–Trinajstić information content (AvgIpc) is 3.67. The molecule has 10 heteroatoms. The van der Waals surface area contributed by atoms with Crippen LogP contribution in [0.3, 0.4) is 0 Å². The molecular formula is C76H137N2O7P. The van der Waals surface area contributed by atoms with E-state index in [0.29, 0.717) is 17.4 Å². The van der Waals surface area contributed by atoms with Crippen molar-refractivity contribution in [3.8, 4) is 0 Å². The van der Waals surface area contributed by atoms with Crippen molar-refractivity contribution in [1.29, 1.82) is 0 Å². The highest BCUT2D eigenvalue weighted by Gasteiger charge is 2.27. The minimum Gasteiger partial charge on any atom is -0.756 e. The van der Waals surface area contributed by atoms with E-state index in [1.165, 1.54) is 180 Å². The monoisotopic (exact) mass is 1220 g/mol. The maximum atomic E-state index is 13.6. The predicted octanol–water partition coefficient (Wildman–Crippen LogP) is 22.4. The molecule has 0 heterocycles. The van der Waals surface area contributed by atoms with Crippen LogP contribution in [0.5, 0.6) is 0 Å². The molecule has 0 bridgehead atoms. The molecule has 1 N–H and O–H groups in total. The van der Waals surface area contributed by atoms with E-state index in [9.17, 15) is 19.0 Å². The minimum atomic E-state index is -4.71. The van der Waals surface area contributed by atoms with Crippen LogP contribution in [0.25, 0.3) is 0 Å². The van der Waals surface area contributed by atoms with Gasteiger partial charge in [0.25, 0.3) is 7.82 Å². The molecule has 0 aromatic carbocycles. The van der Waals surface area contributed by atoms with Gasteiger partial charge in [0.1, 0.15) is 19.3 Å². The Morgan fingerprint density at radius 3 is 1.13 bits per heavy atom. The molecule has 0 aromatic rings. The summed E-state index contributed by atoms with van der Waals surface area (Å²) in [4.78, 5) is 40.2. The number of allylic oxidation sites excluding steroid dienone is 15. The van der Waals surface area contributed by atoms with E-state index >= 15 is 0 Å². The van der Waals surface area contributed by atoms with Gasteiger partial charge in [-0.1, -0.05) is 298 Å². The van der Waals surface area contributed by atoms with E-state index in [-0.39, 0.29) is 24.9 Å². The molecule has 0 aliphatic heterocycles. The van der Waals surface area contributed by atoms with Crippen molar-refractivity contribution in [3.05, 3.63) is 97.2 Å². The van der Waals surface area contributed by atoms with Crippen molar-refractivity contribution >= 4 is 19.7 Å². The smallest absolute Gasteiger partial charge is 0.306 e. The van der Waals surface area contributed by atoms with Crippen LogP contribution >= 0.6 is 7.82 Å². The first kappa shape index (κ1) is 82.9. The zero-order valence-electron chi connectivity index (χ0n) is 57.0. The number of esters is 1. The number of quaternary nitrogens is 1. The topological polar surface area (TPSA) is 114 Å². The largest absolute Gasteiger partial charge is 0.756 e. The maximum absolute atomic E-state index is 13.6. The predicted molar refractivity (Wildman–Crippen MR) is 371 cm³/mol. The fourth-order valence-corrected chi connectivity index (χ4v) is 11.0. The van der Waals surface area contributed by atoms with Crippen LogP contribution in [-0.2, 0) is 27.9 Å². The molecule has 0 spiro atoms. The van der Waals surface area contributed by atoms with Crippen LogP contribution < -0.4 is 10.2 Å². The molecule has 0 rings (SSSR count). The Bertz CT molecular complexity index is 1790. The van der Waals surface area contributed by atoms with Gasteiger partial charge in [0, 0.05) is 12.8 Å². The van der Waals surface area contributed by atoms with E-state index in [1.54, 1.807) is 0 Å². The van der Waals surface area contributed by atoms with Gasteiger partial charge in [-0.05, 0) is 109 Å². The number of ether oxygens (including phenoxy) is 1. The van der Waals surface area contributed by atoms with Gasteiger partial charge in [0.05, 0.1) is 33.8 Å². The van der Waals surface area contributed by atoms with Crippen molar-refractivity contribution in [2.24, 2.45) is 0 Å². The number of nitrogens with zero attached hydrogens (tertiary/aromatic N) is 1. The van der Waals surface area contributed by atoms with Gasteiger partial charge < -0.3 is 28.5 Å². The number of unbranched alkanes of at least 4 members (excludes halogenated alkanes) is 35. The molecule has 0 fully saturated rings. The number of rotatable bonds is 65. The zero-order chi connectivity index (χ0) is 62.8. The van der Waals surface area contributed by atoms with E-state index in [0.717, 1.165) is 109 Å². The van der Waals surface area contributed by atoms with Crippen LogP contribution in [0, 0.1) is 0 Å². The van der Waals surface area contributed by atoms with E-state index < -0.39 is 26.6 Å². The number of carbonyl (C=O) groups is 2. The van der Waals surface area contributed by atoms with Crippen LogP contribution in [0.1, 0.15) is 323 Å². The summed E-state index contributed by atoms with van der Waals surface area (Å²) in [7, 11) is 1.18. The molecule has 0 aliphatic rings. The lowest BCUT2D eigenvalue weighted by atomic mass is 10.0. The first-order valence-electron chi connectivity index (χ1n) is 36.0. The molecule has 3 atom stereocenters. The molecular weight excluding hydrogens is 1080 g/mol. The number of likely N-dealkylation sites (N-methyl/N-ethyl adjacent to an activating group) is 1. The Balaban J connectivity index is 5.08. The zero-order valence-corrected chi connectivity index (χ0v) is 57.9. The van der Waals surface area contributed by atoms with Crippen LogP contribution in [0.2, 0.25) is 0 Å². The third kappa shape index (κ3) is 65.4. The minimum absolute atomic E-state index is 0.0273. The Labute approximate surface area is 532 Å². The summed E-state index contributed by atoms with van der Waals surface area (Å²) < 4.78 is 30.5. The van der Waals surface area contributed by atoms with Crippen molar-refractivity contribution in [2.75, 3.05) is 40.9 Å². The third-order valence-corrected chi connectivity index (χ3v) is 16.7. The summed E-state index contributed by atoms with van der Waals surface area (Å²) in [5.74, 6) is -0.546. The molecule has 0 saturated heterocycles. The summed E-state index contributed by atoms with van der Waals surface area (Å²) in [5, 5.41) is 3.04. The highest BCUT2D eigenvalue weighted by molar-refractivity contribution is 7.45. The van der Waals surface area contributed by atoms with Gasteiger partial charge in [0.2, 0.25) is 5.91 Å². The van der Waals surface area contributed by atoms with Crippen molar-refractivity contribution in [1.82, 2.24) is 5.32 Å². The second-order valence-electron chi connectivity index (χ2n) is 25.4. The van der Waals surface area contributed by atoms with Crippen molar-refractivity contribution < 1.29 is 37.3 Å². The Kier molecular flexibility index (Phi) is 62.6. The number of phosphoric ester groups is 1. The van der Waals surface area contributed by atoms with Gasteiger partial charge in [-0.3, -0.25) is 14.2 Å².